The normalized spacial score (nSPS) is 8.00. The molecule has 2 nitrogen and oxygen atoms in total. The Morgan fingerprint density at radius 1 is 1.33 bits per heavy atom. The Bertz CT molecular complexity index is 256. The van der Waals surface area contributed by atoms with Crippen LogP contribution in [-0.4, -0.2) is 43.7 Å². The summed E-state index contributed by atoms with van der Waals surface area (Å²) in [5.74, 6) is -0.374. The zero-order valence-electron chi connectivity index (χ0n) is 6.69. The molecule has 0 unspecified atom stereocenters. The van der Waals surface area contributed by atoms with Crippen LogP contribution in [-0.2, 0) is 4.74 Å². The minimum Gasteiger partial charge on any atom is -0.432 e. The molecule has 0 spiro atoms. The summed E-state index contributed by atoms with van der Waals surface area (Å²) in [6.07, 6.45) is 1.12. The third-order valence-electron chi connectivity index (χ3n) is 1.20. The van der Waals surface area contributed by atoms with Crippen LogP contribution in [0.25, 0.3) is 0 Å². The monoisotopic (exact) mass is 188 g/mol. The molecule has 0 N–H and O–H groups in total. The van der Waals surface area contributed by atoms with Crippen LogP contribution in [0.15, 0.2) is 43.2 Å². The summed E-state index contributed by atoms with van der Waals surface area (Å²) in [7, 11) is 0. The van der Waals surface area contributed by atoms with Crippen LogP contribution in [0.1, 0.15) is 10.4 Å². The number of hydrogen-bond acceptors (Lipinski definition) is 2. The van der Waals surface area contributed by atoms with Gasteiger partial charge in [-0.15, -0.1) is 0 Å². The number of esters is 1. The minimum atomic E-state index is -0.374. The van der Waals surface area contributed by atoms with E-state index in [9.17, 15) is 4.79 Å². The van der Waals surface area contributed by atoms with Gasteiger partial charge in [0.1, 0.15) is 0 Å². The van der Waals surface area contributed by atoms with Crippen molar-refractivity contribution in [2.24, 2.45) is 0 Å². The van der Waals surface area contributed by atoms with Gasteiger partial charge in [-0.25, -0.2) is 4.79 Å². The Hall–Kier alpha value is -0.310. The molecule has 1 aromatic rings. The summed E-state index contributed by atoms with van der Waals surface area (Å²) in [5, 5.41) is 0. The van der Waals surface area contributed by atoms with Gasteiger partial charge in [0.15, 0.2) is 0 Å². The van der Waals surface area contributed by atoms with Gasteiger partial charge >= 0.3 is 5.97 Å². The van der Waals surface area contributed by atoms with Crippen molar-refractivity contribution in [1.82, 2.24) is 0 Å². The summed E-state index contributed by atoms with van der Waals surface area (Å²) >= 11 is 0. The van der Waals surface area contributed by atoms with Crippen LogP contribution in [0.4, 0.5) is 0 Å². The molecule has 0 saturated heterocycles. The van der Waals surface area contributed by atoms with Crippen molar-refractivity contribution in [2.45, 2.75) is 0 Å². The summed E-state index contributed by atoms with van der Waals surface area (Å²) in [6, 6.07) is 8.77. The molecule has 3 heteroatoms. The number of benzene rings is 1. The maximum atomic E-state index is 11.0. The maximum absolute atomic E-state index is 11.0. The third kappa shape index (κ3) is 3.39. The van der Waals surface area contributed by atoms with Gasteiger partial charge in [0.25, 0.3) is 0 Å². The molecular weight excluding hydrogens is 180 g/mol. The van der Waals surface area contributed by atoms with E-state index < -0.39 is 0 Å². The molecule has 0 aromatic heterocycles. The molecule has 0 heterocycles. The molecule has 2 radical (unpaired) electrons. The molecule has 58 valence electrons. The fraction of sp³-hybridized carbons (Fsp3) is 0. The van der Waals surface area contributed by atoms with E-state index in [0.717, 1.165) is 6.26 Å². The predicted octanol–water partition coefficient (Wildman–Crippen LogP) is 1.61. The first-order valence-corrected chi connectivity index (χ1v) is 3.21. The van der Waals surface area contributed by atoms with E-state index in [0.29, 0.717) is 5.56 Å². The smallest absolute Gasteiger partial charge is 0.342 e. The van der Waals surface area contributed by atoms with Crippen molar-refractivity contribution < 1.29 is 9.53 Å². The standard InChI is InChI=1S/C9H8O2.Ca/c1-2-11-9(10)8-6-4-3-5-7-8;/h2-7H,1H2;. The minimum absolute atomic E-state index is 0. The van der Waals surface area contributed by atoms with Crippen LogP contribution in [0.5, 0.6) is 0 Å². The Morgan fingerprint density at radius 2 is 1.92 bits per heavy atom. The number of ether oxygens (including phenoxy) is 1. The molecule has 12 heavy (non-hydrogen) atoms. The van der Waals surface area contributed by atoms with E-state index in [1.165, 1.54) is 0 Å². The summed E-state index contributed by atoms with van der Waals surface area (Å²) in [5.41, 5.74) is 0.535. The molecule has 0 aliphatic heterocycles. The number of rotatable bonds is 2. The average molecular weight is 188 g/mol. The molecule has 1 aromatic carbocycles. The largest absolute Gasteiger partial charge is 0.432 e. The van der Waals surface area contributed by atoms with Crippen LogP contribution >= 0.6 is 0 Å². The molecule has 0 aliphatic carbocycles. The Balaban J connectivity index is 0.00000121. The second-order valence-electron chi connectivity index (χ2n) is 1.94. The number of carbonyl (C=O) groups is 1. The summed E-state index contributed by atoms with van der Waals surface area (Å²) in [6.45, 7) is 3.28. The fourth-order valence-corrected chi connectivity index (χ4v) is 0.718. The van der Waals surface area contributed by atoms with Crippen molar-refractivity contribution in [3.05, 3.63) is 48.7 Å². The first-order chi connectivity index (χ1) is 5.34. The zero-order valence-corrected chi connectivity index (χ0v) is 8.90. The van der Waals surface area contributed by atoms with E-state index in [1.54, 1.807) is 24.3 Å². The average Bonchev–Trinajstić information content (AvgIpc) is 2.07. The van der Waals surface area contributed by atoms with Crippen LogP contribution in [0.2, 0.25) is 0 Å². The fourth-order valence-electron chi connectivity index (χ4n) is 0.718. The topological polar surface area (TPSA) is 26.3 Å². The van der Waals surface area contributed by atoms with Gasteiger partial charge in [0, 0.05) is 37.7 Å². The predicted molar refractivity (Wildman–Crippen MR) is 47.8 cm³/mol. The van der Waals surface area contributed by atoms with Crippen LogP contribution in [0, 0.1) is 0 Å². The summed E-state index contributed by atoms with van der Waals surface area (Å²) in [4.78, 5) is 11.0. The molecule has 0 saturated carbocycles. The molecule has 0 amide bonds. The van der Waals surface area contributed by atoms with E-state index in [2.05, 4.69) is 11.3 Å². The SMILES string of the molecule is C=COC(=O)c1ccccc1.[Ca]. The second-order valence-corrected chi connectivity index (χ2v) is 1.94. The molecule has 0 aliphatic rings. The van der Waals surface area contributed by atoms with Crippen LogP contribution in [0.3, 0.4) is 0 Å². The van der Waals surface area contributed by atoms with Crippen LogP contribution < -0.4 is 0 Å². The van der Waals surface area contributed by atoms with Gasteiger partial charge in [-0.2, -0.15) is 0 Å². The van der Waals surface area contributed by atoms with Gasteiger partial charge in [-0.1, -0.05) is 24.8 Å². The van der Waals surface area contributed by atoms with E-state index in [4.69, 9.17) is 0 Å². The molecule has 0 fully saturated rings. The van der Waals surface area contributed by atoms with Gasteiger partial charge in [-0.3, -0.25) is 0 Å². The van der Waals surface area contributed by atoms with E-state index >= 15 is 0 Å². The molecule has 0 atom stereocenters. The first-order valence-electron chi connectivity index (χ1n) is 3.21. The Labute approximate surface area is 101 Å². The van der Waals surface area contributed by atoms with E-state index in [-0.39, 0.29) is 43.7 Å². The molecular formula is C9H8CaO2. The van der Waals surface area contributed by atoms with Gasteiger partial charge in [0.05, 0.1) is 11.8 Å². The number of carbonyl (C=O) groups excluding carboxylic acids is 1. The molecule has 1 rings (SSSR count). The molecule has 0 bridgehead atoms. The van der Waals surface area contributed by atoms with Gasteiger partial charge in [-0.05, 0) is 12.1 Å². The van der Waals surface area contributed by atoms with Gasteiger partial charge in [0.2, 0.25) is 0 Å². The zero-order chi connectivity index (χ0) is 8.10. The van der Waals surface area contributed by atoms with Crippen molar-refractivity contribution in [2.75, 3.05) is 0 Å². The third-order valence-corrected chi connectivity index (χ3v) is 1.20. The quantitative estimate of drug-likeness (QED) is 0.400. The van der Waals surface area contributed by atoms with Crippen molar-refractivity contribution in [1.29, 1.82) is 0 Å². The Morgan fingerprint density at radius 3 is 2.42 bits per heavy atom. The summed E-state index contributed by atoms with van der Waals surface area (Å²) < 4.78 is 4.55. The number of hydrogen-bond donors (Lipinski definition) is 0. The maximum Gasteiger partial charge on any atom is 0.342 e. The first kappa shape index (κ1) is 11.7. The van der Waals surface area contributed by atoms with Crippen molar-refractivity contribution in [3.63, 3.8) is 0 Å². The second kappa shape index (κ2) is 6.23. The Kier molecular flexibility index (Phi) is 6.07. The van der Waals surface area contributed by atoms with Crippen molar-refractivity contribution in [3.8, 4) is 0 Å². The van der Waals surface area contributed by atoms with Gasteiger partial charge < -0.3 is 4.74 Å². The van der Waals surface area contributed by atoms with E-state index in [1.807, 2.05) is 6.07 Å². The van der Waals surface area contributed by atoms with Crippen molar-refractivity contribution >= 4 is 43.7 Å².